The smallest absolute Gasteiger partial charge is 0.109 e. The number of rotatable bonds is 3. The number of hydrogen-bond acceptors (Lipinski definition) is 2. The monoisotopic (exact) mass is 166 g/mol. The van der Waals surface area contributed by atoms with Gasteiger partial charge in [0.05, 0.1) is 19.1 Å². The molecule has 0 saturated heterocycles. The highest BCUT2D eigenvalue weighted by Gasteiger charge is 2.05. The van der Waals surface area contributed by atoms with Crippen LogP contribution >= 0.6 is 0 Å². The van der Waals surface area contributed by atoms with E-state index in [1.165, 1.54) is 17.5 Å². The summed E-state index contributed by atoms with van der Waals surface area (Å²) in [5, 5.41) is 0. The lowest BCUT2D eigenvalue weighted by Gasteiger charge is -2.13. The molecule has 0 bridgehead atoms. The van der Waals surface area contributed by atoms with Crippen molar-refractivity contribution in [2.45, 2.75) is 13.3 Å². The predicted octanol–water partition coefficient (Wildman–Crippen LogP) is 1.22. The molecular formula is C9H14N2O. The van der Waals surface area contributed by atoms with Gasteiger partial charge in [-0.25, -0.2) is 0 Å². The molecule has 0 unspecified atom stereocenters. The van der Waals surface area contributed by atoms with Crippen molar-refractivity contribution in [1.82, 2.24) is 0 Å². The molecule has 3 nitrogen and oxygen atoms in total. The normalized spacial score (nSPS) is 17.1. The summed E-state index contributed by atoms with van der Waals surface area (Å²) in [6.07, 6.45) is 6.01. The van der Waals surface area contributed by atoms with E-state index >= 15 is 0 Å². The molecular weight excluding hydrogens is 152 g/mol. The van der Waals surface area contributed by atoms with Gasteiger partial charge in [-0.05, 0) is 23.6 Å². The molecule has 1 rings (SSSR count). The van der Waals surface area contributed by atoms with Crippen LogP contribution in [0.5, 0.6) is 0 Å². The van der Waals surface area contributed by atoms with Gasteiger partial charge in [-0.2, -0.15) is 0 Å². The maximum absolute atomic E-state index is 5.16. The standard InChI is InChI=1S/C9H14N2O/c1-2-8-6-12-4-3-9(8)5-11-7-10/h3-4,7H,2,5-6H2,1H3,(H2,10,11). The first-order chi connectivity index (χ1) is 5.88. The summed E-state index contributed by atoms with van der Waals surface area (Å²) in [6, 6.07) is 0. The third-order valence-corrected chi connectivity index (χ3v) is 1.87. The van der Waals surface area contributed by atoms with Crippen molar-refractivity contribution in [3.8, 4) is 0 Å². The van der Waals surface area contributed by atoms with Gasteiger partial charge in [-0.3, -0.25) is 4.99 Å². The van der Waals surface area contributed by atoms with Crippen LogP contribution < -0.4 is 5.73 Å². The Morgan fingerprint density at radius 1 is 1.75 bits per heavy atom. The quantitative estimate of drug-likeness (QED) is 0.506. The van der Waals surface area contributed by atoms with E-state index in [2.05, 4.69) is 11.9 Å². The molecule has 0 amide bonds. The number of nitrogens with zero attached hydrogens (tertiary/aromatic N) is 1. The Morgan fingerprint density at radius 3 is 3.25 bits per heavy atom. The lowest BCUT2D eigenvalue weighted by atomic mass is 10.1. The van der Waals surface area contributed by atoms with E-state index in [0.29, 0.717) is 13.2 Å². The number of ether oxygens (including phenoxy) is 1. The molecule has 3 heteroatoms. The van der Waals surface area contributed by atoms with Crippen LogP contribution in [0.2, 0.25) is 0 Å². The Kier molecular flexibility index (Phi) is 3.38. The van der Waals surface area contributed by atoms with Crippen molar-refractivity contribution < 1.29 is 4.74 Å². The van der Waals surface area contributed by atoms with E-state index in [0.717, 1.165) is 6.42 Å². The minimum atomic E-state index is 0.666. The van der Waals surface area contributed by atoms with Crippen molar-refractivity contribution >= 4 is 6.34 Å². The third-order valence-electron chi connectivity index (χ3n) is 1.87. The van der Waals surface area contributed by atoms with Crippen LogP contribution in [0.4, 0.5) is 0 Å². The van der Waals surface area contributed by atoms with E-state index in [1.54, 1.807) is 6.26 Å². The number of nitrogens with two attached hydrogens (primary N) is 1. The molecule has 0 saturated carbocycles. The van der Waals surface area contributed by atoms with Crippen LogP contribution in [0.3, 0.4) is 0 Å². The van der Waals surface area contributed by atoms with Crippen LogP contribution in [0.1, 0.15) is 13.3 Å². The highest BCUT2D eigenvalue weighted by Crippen LogP contribution is 2.15. The van der Waals surface area contributed by atoms with Gasteiger partial charge in [0.1, 0.15) is 6.61 Å². The summed E-state index contributed by atoms with van der Waals surface area (Å²) in [7, 11) is 0. The molecule has 1 aliphatic heterocycles. The Labute approximate surface area is 72.6 Å². The van der Waals surface area contributed by atoms with Gasteiger partial charge in [0.2, 0.25) is 0 Å². The number of hydrogen-bond donors (Lipinski definition) is 1. The summed E-state index contributed by atoms with van der Waals surface area (Å²) >= 11 is 0. The minimum Gasteiger partial charge on any atom is -0.497 e. The van der Waals surface area contributed by atoms with Gasteiger partial charge in [0.25, 0.3) is 0 Å². The van der Waals surface area contributed by atoms with Crippen molar-refractivity contribution in [2.24, 2.45) is 10.7 Å². The highest BCUT2D eigenvalue weighted by atomic mass is 16.5. The fraction of sp³-hybridized carbons (Fsp3) is 0.444. The van der Waals surface area contributed by atoms with E-state index in [4.69, 9.17) is 10.5 Å². The average Bonchev–Trinajstić information content (AvgIpc) is 2.15. The summed E-state index contributed by atoms with van der Waals surface area (Å²) < 4.78 is 5.16. The summed E-state index contributed by atoms with van der Waals surface area (Å²) in [5.41, 5.74) is 7.70. The molecule has 0 atom stereocenters. The molecule has 1 heterocycles. The largest absolute Gasteiger partial charge is 0.497 e. The molecule has 12 heavy (non-hydrogen) atoms. The zero-order valence-electron chi connectivity index (χ0n) is 7.29. The van der Waals surface area contributed by atoms with Gasteiger partial charge in [-0.15, -0.1) is 0 Å². The second kappa shape index (κ2) is 4.59. The van der Waals surface area contributed by atoms with E-state index in [-0.39, 0.29) is 0 Å². The van der Waals surface area contributed by atoms with E-state index < -0.39 is 0 Å². The Bertz CT molecular complexity index is 229. The third kappa shape index (κ3) is 2.12. The van der Waals surface area contributed by atoms with Crippen molar-refractivity contribution in [3.63, 3.8) is 0 Å². The van der Waals surface area contributed by atoms with Crippen LogP contribution in [0.15, 0.2) is 28.5 Å². The van der Waals surface area contributed by atoms with Crippen LogP contribution in [0.25, 0.3) is 0 Å². The Hall–Kier alpha value is -1.25. The van der Waals surface area contributed by atoms with Gasteiger partial charge in [-0.1, -0.05) is 6.92 Å². The zero-order valence-corrected chi connectivity index (χ0v) is 7.29. The maximum Gasteiger partial charge on any atom is 0.109 e. The van der Waals surface area contributed by atoms with Crippen LogP contribution in [-0.4, -0.2) is 19.5 Å². The first-order valence-electron chi connectivity index (χ1n) is 4.07. The van der Waals surface area contributed by atoms with Gasteiger partial charge in [0.15, 0.2) is 0 Å². The van der Waals surface area contributed by atoms with Crippen molar-refractivity contribution in [2.75, 3.05) is 13.2 Å². The minimum absolute atomic E-state index is 0.666. The Balaban J connectivity index is 2.67. The van der Waals surface area contributed by atoms with Gasteiger partial charge in [0, 0.05) is 0 Å². The zero-order chi connectivity index (χ0) is 8.81. The fourth-order valence-electron chi connectivity index (χ4n) is 1.13. The second-order valence-electron chi connectivity index (χ2n) is 2.59. The molecule has 0 radical (unpaired) electrons. The van der Waals surface area contributed by atoms with Crippen LogP contribution in [-0.2, 0) is 4.74 Å². The number of aliphatic imine (C=N–C) groups is 1. The first kappa shape index (κ1) is 8.84. The van der Waals surface area contributed by atoms with Crippen LogP contribution in [0, 0.1) is 0 Å². The molecule has 0 fully saturated rings. The molecule has 0 aromatic heterocycles. The van der Waals surface area contributed by atoms with Gasteiger partial charge < -0.3 is 10.5 Å². The van der Waals surface area contributed by atoms with E-state index in [1.807, 2.05) is 6.08 Å². The Morgan fingerprint density at radius 2 is 2.58 bits per heavy atom. The fourth-order valence-corrected chi connectivity index (χ4v) is 1.13. The summed E-state index contributed by atoms with van der Waals surface area (Å²) in [5.74, 6) is 0. The molecule has 1 aliphatic rings. The van der Waals surface area contributed by atoms with Crippen molar-refractivity contribution in [3.05, 3.63) is 23.5 Å². The molecule has 0 aromatic carbocycles. The summed E-state index contributed by atoms with van der Waals surface area (Å²) in [4.78, 5) is 3.98. The van der Waals surface area contributed by atoms with Gasteiger partial charge >= 0.3 is 0 Å². The maximum atomic E-state index is 5.16. The molecule has 0 aromatic rings. The van der Waals surface area contributed by atoms with Crippen molar-refractivity contribution in [1.29, 1.82) is 0 Å². The molecule has 2 N–H and O–H groups in total. The molecule has 0 aliphatic carbocycles. The SMILES string of the molecule is CCC1=C(CN=CN)C=COC1. The lowest BCUT2D eigenvalue weighted by Crippen LogP contribution is -2.04. The summed E-state index contributed by atoms with van der Waals surface area (Å²) in [6.45, 7) is 3.48. The topological polar surface area (TPSA) is 47.6 Å². The molecule has 66 valence electrons. The second-order valence-corrected chi connectivity index (χ2v) is 2.59. The first-order valence-corrected chi connectivity index (χ1v) is 4.07. The van der Waals surface area contributed by atoms with E-state index in [9.17, 15) is 0 Å². The lowest BCUT2D eigenvalue weighted by molar-refractivity contribution is 0.271. The highest BCUT2D eigenvalue weighted by molar-refractivity contribution is 5.52. The predicted molar refractivity (Wildman–Crippen MR) is 50.0 cm³/mol. The molecule has 0 spiro atoms. The average molecular weight is 166 g/mol.